The molecule has 3 fully saturated rings. The highest BCUT2D eigenvalue weighted by Crippen LogP contribution is 2.39. The number of hydrogen-bond donors (Lipinski definition) is 3. The van der Waals surface area contributed by atoms with Gasteiger partial charge in [-0.1, -0.05) is 12.1 Å². The molecule has 4 aromatic rings. The molecule has 3 saturated heterocycles. The summed E-state index contributed by atoms with van der Waals surface area (Å²) in [4.78, 5) is 41.3. The lowest BCUT2D eigenvalue weighted by Crippen LogP contribution is -2.47. The number of likely N-dealkylation sites (tertiary alicyclic amines) is 2. The lowest BCUT2D eigenvalue weighted by Gasteiger charge is -2.36. The summed E-state index contributed by atoms with van der Waals surface area (Å²) >= 11 is 0. The van der Waals surface area contributed by atoms with Crippen LogP contribution in [-0.4, -0.2) is 95.9 Å². The number of H-pyrrole nitrogens is 1. The Hall–Kier alpha value is -4.68. The van der Waals surface area contributed by atoms with Crippen molar-refractivity contribution in [2.24, 2.45) is 13.0 Å². The first-order chi connectivity index (χ1) is 24.8. The summed E-state index contributed by atoms with van der Waals surface area (Å²) in [5, 5.41) is 13.4. The summed E-state index contributed by atoms with van der Waals surface area (Å²) in [6.07, 6.45) is 9.93. The van der Waals surface area contributed by atoms with Gasteiger partial charge in [0.05, 0.1) is 20.4 Å². The molecule has 3 aliphatic heterocycles. The van der Waals surface area contributed by atoms with Crippen LogP contribution in [0.15, 0.2) is 53.6 Å². The number of carbonyl (C=O) groups excluding carboxylic acids is 2. The van der Waals surface area contributed by atoms with Gasteiger partial charge in [-0.2, -0.15) is 5.10 Å². The van der Waals surface area contributed by atoms with Crippen LogP contribution in [0, 0.1) is 5.92 Å². The van der Waals surface area contributed by atoms with Crippen molar-refractivity contribution in [1.82, 2.24) is 29.9 Å². The largest absolute Gasteiger partial charge is 0.496 e. The summed E-state index contributed by atoms with van der Waals surface area (Å²) in [7, 11) is 5.17. The van der Waals surface area contributed by atoms with Crippen LogP contribution in [0.4, 0.5) is 5.69 Å². The summed E-state index contributed by atoms with van der Waals surface area (Å²) in [5.74, 6) is 2.28. The number of ether oxygens (including phenoxy) is 2. The molecule has 2 aromatic carbocycles. The monoisotopic (exact) mass is 695 g/mol. The van der Waals surface area contributed by atoms with Gasteiger partial charge in [-0.3, -0.25) is 24.8 Å². The lowest BCUT2D eigenvalue weighted by atomic mass is 9.88. The number of aromatic amines is 1. The van der Waals surface area contributed by atoms with E-state index in [0.717, 1.165) is 111 Å². The summed E-state index contributed by atoms with van der Waals surface area (Å²) in [6, 6.07) is 12.2. The molecule has 0 bridgehead atoms. The molecule has 7 rings (SSSR count). The van der Waals surface area contributed by atoms with Crippen LogP contribution in [0.5, 0.6) is 11.5 Å². The number of aromatic nitrogens is 3. The maximum Gasteiger partial charge on any atom is 0.276 e. The number of imide groups is 1. The maximum absolute atomic E-state index is 12.6. The summed E-state index contributed by atoms with van der Waals surface area (Å²) < 4.78 is 13.4. The Morgan fingerprint density at radius 3 is 2.16 bits per heavy atom. The second-order valence-electron chi connectivity index (χ2n) is 14.4. The van der Waals surface area contributed by atoms with E-state index in [0.29, 0.717) is 30.2 Å². The van der Waals surface area contributed by atoms with Crippen LogP contribution in [0.1, 0.15) is 55.6 Å². The highest BCUT2D eigenvalue weighted by atomic mass is 16.5. The van der Waals surface area contributed by atoms with Crippen LogP contribution in [0.25, 0.3) is 22.0 Å². The molecule has 0 radical (unpaired) electrons. The number of methoxy groups -OCH3 is 2. The smallest absolute Gasteiger partial charge is 0.276 e. The van der Waals surface area contributed by atoms with Crippen molar-refractivity contribution in [3.8, 4) is 22.6 Å². The van der Waals surface area contributed by atoms with Gasteiger partial charge < -0.3 is 29.2 Å². The molecular formula is C39H49N7O5. The third-order valence-electron chi connectivity index (χ3n) is 11.2. The molecule has 51 heavy (non-hydrogen) atoms. The first-order valence-corrected chi connectivity index (χ1v) is 18.2. The first-order valence-electron chi connectivity index (χ1n) is 18.2. The Balaban J connectivity index is 0.879. The number of carbonyl (C=O) groups is 2. The number of piperidine rings is 3. The Bertz CT molecular complexity index is 1900. The first kappa shape index (κ1) is 34.8. The van der Waals surface area contributed by atoms with Crippen molar-refractivity contribution in [2.75, 3.05) is 58.8 Å². The minimum absolute atomic E-state index is 0.111. The van der Waals surface area contributed by atoms with Crippen LogP contribution in [0.2, 0.25) is 0 Å². The molecule has 2 aromatic heterocycles. The van der Waals surface area contributed by atoms with Crippen LogP contribution in [-0.2, 0) is 23.1 Å². The van der Waals surface area contributed by atoms with E-state index in [4.69, 9.17) is 9.47 Å². The van der Waals surface area contributed by atoms with Crippen LogP contribution < -0.4 is 25.7 Å². The molecule has 12 nitrogen and oxygen atoms in total. The molecule has 12 heteroatoms. The zero-order valence-electron chi connectivity index (χ0n) is 29.9. The third-order valence-corrected chi connectivity index (χ3v) is 11.2. The fourth-order valence-electron chi connectivity index (χ4n) is 8.08. The molecule has 2 amide bonds. The number of pyridine rings is 1. The zero-order valence-corrected chi connectivity index (χ0v) is 29.9. The summed E-state index contributed by atoms with van der Waals surface area (Å²) in [6.45, 7) is 6.61. The van der Waals surface area contributed by atoms with Crippen LogP contribution >= 0.6 is 0 Å². The second kappa shape index (κ2) is 15.3. The zero-order chi connectivity index (χ0) is 35.5. The topological polar surface area (TPSA) is 134 Å². The number of amides is 2. The molecule has 1 atom stereocenters. The van der Waals surface area contributed by atoms with Crippen molar-refractivity contribution in [3.05, 3.63) is 70.3 Å². The van der Waals surface area contributed by atoms with E-state index in [-0.39, 0.29) is 23.4 Å². The van der Waals surface area contributed by atoms with Gasteiger partial charge in [-0.05, 0) is 112 Å². The predicted octanol–water partition coefficient (Wildman–Crippen LogP) is 4.30. The average Bonchev–Trinajstić information content (AvgIpc) is 3.65. The number of fused-ring (bicyclic) bond motifs is 1. The predicted molar refractivity (Wildman–Crippen MR) is 197 cm³/mol. The van der Waals surface area contributed by atoms with E-state index in [2.05, 4.69) is 67.0 Å². The Morgan fingerprint density at radius 1 is 0.882 bits per heavy atom. The van der Waals surface area contributed by atoms with Gasteiger partial charge in [-0.15, -0.1) is 0 Å². The number of nitrogens with one attached hydrogen (secondary N) is 3. The summed E-state index contributed by atoms with van der Waals surface area (Å²) in [5.41, 5.74) is 5.56. The van der Waals surface area contributed by atoms with E-state index in [1.54, 1.807) is 32.0 Å². The third kappa shape index (κ3) is 7.67. The highest BCUT2D eigenvalue weighted by molar-refractivity contribution is 6.01. The van der Waals surface area contributed by atoms with Gasteiger partial charge in [0.1, 0.15) is 23.1 Å². The molecule has 270 valence electrons. The van der Waals surface area contributed by atoms with Gasteiger partial charge >= 0.3 is 0 Å². The number of aryl methyl sites for hydroxylation is 1. The SMILES string of the molecule is COc1cc(-c2cn(C)c(=O)c3[nH]ncc23)cc(OC)c1CC1CCN(CCN2CCC(c3ccc(NC4CCC(=O)NC4=O)cc3)CC2)CC1. The van der Waals surface area contributed by atoms with Gasteiger partial charge in [0.25, 0.3) is 5.56 Å². The van der Waals surface area contributed by atoms with E-state index in [1.165, 1.54) is 5.56 Å². The Kier molecular flexibility index (Phi) is 10.4. The van der Waals surface area contributed by atoms with Gasteiger partial charge in [-0.25, -0.2) is 0 Å². The molecular weight excluding hydrogens is 646 g/mol. The minimum Gasteiger partial charge on any atom is -0.496 e. The van der Waals surface area contributed by atoms with Crippen molar-refractivity contribution >= 4 is 28.4 Å². The van der Waals surface area contributed by atoms with E-state index in [9.17, 15) is 14.4 Å². The van der Waals surface area contributed by atoms with Crippen molar-refractivity contribution in [2.45, 2.75) is 56.9 Å². The van der Waals surface area contributed by atoms with E-state index >= 15 is 0 Å². The lowest BCUT2D eigenvalue weighted by molar-refractivity contribution is -0.133. The molecule has 3 aliphatic rings. The minimum atomic E-state index is -0.359. The quantitative estimate of drug-likeness (QED) is 0.197. The molecule has 0 aliphatic carbocycles. The standard InChI is InChI=1S/C39H49N7O5/c1-44-24-32(31-23-40-43-37(31)39(44)49)28-21-34(50-2)30(35(22-28)51-3)20-25-10-14-45(15-11-25)18-19-46-16-12-27(13-17-46)26-4-6-29(7-5-26)41-33-8-9-36(47)42-38(33)48/h4-7,21-25,27,33,41H,8-20H2,1-3H3,(H,40,43)(H,42,47,48). The molecule has 5 heterocycles. The molecule has 0 spiro atoms. The fraction of sp³-hybridized carbons (Fsp3) is 0.487. The van der Waals surface area contributed by atoms with E-state index < -0.39 is 0 Å². The van der Waals surface area contributed by atoms with Gasteiger partial charge in [0.2, 0.25) is 11.8 Å². The number of nitrogens with zero attached hydrogens (tertiary/aromatic N) is 4. The van der Waals surface area contributed by atoms with Gasteiger partial charge in [0, 0.05) is 55.0 Å². The molecule has 0 saturated carbocycles. The Morgan fingerprint density at radius 2 is 1.53 bits per heavy atom. The van der Waals surface area contributed by atoms with Crippen molar-refractivity contribution in [1.29, 1.82) is 0 Å². The number of hydrogen-bond acceptors (Lipinski definition) is 9. The van der Waals surface area contributed by atoms with Gasteiger partial charge in [0.15, 0.2) is 0 Å². The normalized spacial score (nSPS) is 19.7. The van der Waals surface area contributed by atoms with Crippen molar-refractivity contribution < 1.29 is 19.1 Å². The van der Waals surface area contributed by atoms with Crippen molar-refractivity contribution in [3.63, 3.8) is 0 Å². The second-order valence-corrected chi connectivity index (χ2v) is 14.4. The molecule has 1 unspecified atom stereocenters. The number of anilines is 1. The maximum atomic E-state index is 12.6. The fourth-order valence-corrected chi connectivity index (χ4v) is 8.08. The average molecular weight is 696 g/mol. The van der Waals surface area contributed by atoms with E-state index in [1.807, 2.05) is 6.20 Å². The molecule has 3 N–H and O–H groups in total. The van der Waals surface area contributed by atoms with Crippen LogP contribution in [0.3, 0.4) is 0 Å². The number of rotatable bonds is 11. The Labute approximate surface area is 298 Å². The highest BCUT2D eigenvalue weighted by Gasteiger charge is 2.28. The number of benzene rings is 2.